The number of carbonyl (C=O) groups excluding carboxylic acids is 3. The second kappa shape index (κ2) is 7.46. The van der Waals surface area contributed by atoms with Crippen LogP contribution < -0.4 is 0 Å². The Hall–Kier alpha value is -2.15. The third-order valence-electron chi connectivity index (χ3n) is 4.18. The quantitative estimate of drug-likeness (QED) is 0.440. The average molecular weight is 424 g/mol. The molecule has 0 amide bonds. The van der Waals surface area contributed by atoms with Crippen molar-refractivity contribution in [2.45, 2.75) is 20.8 Å². The van der Waals surface area contributed by atoms with E-state index in [1.807, 2.05) is 0 Å². The molecule has 27 heavy (non-hydrogen) atoms. The fourth-order valence-corrected chi connectivity index (χ4v) is 4.67. The van der Waals surface area contributed by atoms with Crippen molar-refractivity contribution in [1.29, 1.82) is 0 Å². The number of hydrogen-bond acceptors (Lipinski definition) is 5. The van der Waals surface area contributed by atoms with Crippen LogP contribution in [-0.2, 0) is 4.74 Å². The summed E-state index contributed by atoms with van der Waals surface area (Å²) in [5, 5.41) is 1.51. The van der Waals surface area contributed by atoms with Gasteiger partial charge in [-0.2, -0.15) is 0 Å². The molecule has 0 bridgehead atoms. The van der Waals surface area contributed by atoms with Gasteiger partial charge in [0.05, 0.1) is 10.7 Å². The number of halogens is 2. The minimum Gasteiger partial charge on any atom is -0.453 e. The normalized spacial score (nSPS) is 11.0. The molecule has 3 aromatic rings. The Labute approximate surface area is 169 Å². The first-order valence-corrected chi connectivity index (χ1v) is 9.56. The summed E-state index contributed by atoms with van der Waals surface area (Å²) in [6, 6.07) is 5.13. The second-order valence-electron chi connectivity index (χ2n) is 6.07. The number of aromatic amines is 1. The molecule has 0 saturated carbocycles. The Morgan fingerprint density at radius 2 is 1.89 bits per heavy atom. The van der Waals surface area contributed by atoms with E-state index < -0.39 is 18.4 Å². The first-order chi connectivity index (χ1) is 12.7. The van der Waals surface area contributed by atoms with Crippen molar-refractivity contribution in [2.24, 2.45) is 0 Å². The first kappa shape index (κ1) is 19.6. The summed E-state index contributed by atoms with van der Waals surface area (Å²) in [7, 11) is 0. The molecule has 140 valence electrons. The standard InChI is InChI=1S/C19H15Cl2NO4S/c1-8-15(10(3)23)9(2)22-17(8)13(24)7-26-19(25)18-16(21)12-5-4-11(20)6-14(12)27-18/h4-6,22H,7H2,1-3H3. The number of aryl methyl sites for hydroxylation is 1. The zero-order valence-corrected chi connectivity index (χ0v) is 17.1. The Kier molecular flexibility index (Phi) is 5.42. The molecule has 0 aliphatic heterocycles. The van der Waals surface area contributed by atoms with Gasteiger partial charge in [0.15, 0.2) is 12.4 Å². The van der Waals surface area contributed by atoms with Crippen LogP contribution in [0.3, 0.4) is 0 Å². The molecule has 5 nitrogen and oxygen atoms in total. The van der Waals surface area contributed by atoms with Crippen molar-refractivity contribution in [2.75, 3.05) is 6.61 Å². The van der Waals surface area contributed by atoms with Gasteiger partial charge in [-0.25, -0.2) is 4.79 Å². The summed E-state index contributed by atoms with van der Waals surface area (Å²) in [6.45, 7) is 4.38. The SMILES string of the molecule is CC(=O)c1c(C)[nH]c(C(=O)COC(=O)c2sc3cc(Cl)ccc3c2Cl)c1C. The van der Waals surface area contributed by atoms with E-state index in [4.69, 9.17) is 27.9 Å². The van der Waals surface area contributed by atoms with Gasteiger partial charge in [-0.05, 0) is 38.5 Å². The maximum absolute atomic E-state index is 12.4. The number of rotatable bonds is 5. The van der Waals surface area contributed by atoms with Gasteiger partial charge in [0.2, 0.25) is 5.78 Å². The molecule has 2 heterocycles. The predicted octanol–water partition coefficient (Wildman–Crippen LogP) is 5.40. The van der Waals surface area contributed by atoms with Gasteiger partial charge in [0.25, 0.3) is 0 Å². The number of benzene rings is 1. The largest absolute Gasteiger partial charge is 0.453 e. The van der Waals surface area contributed by atoms with E-state index in [9.17, 15) is 14.4 Å². The van der Waals surface area contributed by atoms with Crippen molar-refractivity contribution in [1.82, 2.24) is 4.98 Å². The van der Waals surface area contributed by atoms with Crippen molar-refractivity contribution in [3.05, 3.63) is 55.6 Å². The molecular weight excluding hydrogens is 409 g/mol. The summed E-state index contributed by atoms with van der Waals surface area (Å²) >= 11 is 13.4. The number of ether oxygens (including phenoxy) is 1. The van der Waals surface area contributed by atoms with Gasteiger partial charge < -0.3 is 9.72 Å². The molecular formula is C19H15Cl2NO4S. The maximum Gasteiger partial charge on any atom is 0.350 e. The van der Waals surface area contributed by atoms with E-state index in [1.165, 1.54) is 6.92 Å². The highest BCUT2D eigenvalue weighted by molar-refractivity contribution is 7.21. The number of nitrogens with one attached hydrogen (secondary N) is 1. The van der Waals surface area contributed by atoms with E-state index in [1.54, 1.807) is 32.0 Å². The van der Waals surface area contributed by atoms with Crippen molar-refractivity contribution < 1.29 is 19.1 Å². The zero-order chi connectivity index (χ0) is 19.9. The third kappa shape index (κ3) is 3.65. The van der Waals surface area contributed by atoms with Crippen LogP contribution in [-0.4, -0.2) is 29.1 Å². The van der Waals surface area contributed by atoms with Gasteiger partial charge in [0, 0.05) is 26.4 Å². The maximum atomic E-state index is 12.4. The van der Waals surface area contributed by atoms with E-state index in [2.05, 4.69) is 4.98 Å². The van der Waals surface area contributed by atoms with Crippen LogP contribution in [0.4, 0.5) is 0 Å². The van der Waals surface area contributed by atoms with Crippen LogP contribution in [0.25, 0.3) is 10.1 Å². The van der Waals surface area contributed by atoms with Gasteiger partial charge >= 0.3 is 5.97 Å². The number of esters is 1. The number of aromatic nitrogens is 1. The van der Waals surface area contributed by atoms with E-state index >= 15 is 0 Å². The molecule has 0 atom stereocenters. The number of Topliss-reactive ketones (excluding diaryl/α,β-unsaturated/α-hetero) is 2. The topological polar surface area (TPSA) is 76.2 Å². The molecule has 2 aromatic heterocycles. The lowest BCUT2D eigenvalue weighted by Gasteiger charge is -2.03. The van der Waals surface area contributed by atoms with Crippen LogP contribution in [0.15, 0.2) is 18.2 Å². The molecule has 0 radical (unpaired) electrons. The van der Waals surface area contributed by atoms with E-state index in [-0.39, 0.29) is 21.4 Å². The van der Waals surface area contributed by atoms with Crippen molar-refractivity contribution in [3.8, 4) is 0 Å². The highest BCUT2D eigenvalue weighted by atomic mass is 35.5. The van der Waals surface area contributed by atoms with E-state index in [0.29, 0.717) is 27.2 Å². The second-order valence-corrected chi connectivity index (χ2v) is 7.93. The summed E-state index contributed by atoms with van der Waals surface area (Å²) in [4.78, 5) is 39.6. The molecule has 0 fully saturated rings. The van der Waals surface area contributed by atoms with Gasteiger partial charge in [-0.15, -0.1) is 11.3 Å². The molecule has 0 spiro atoms. The average Bonchev–Trinajstić information content (AvgIpc) is 3.08. The fraction of sp³-hybridized carbons (Fsp3) is 0.211. The summed E-state index contributed by atoms with van der Waals surface area (Å²) in [6.07, 6.45) is 0. The van der Waals surface area contributed by atoms with Gasteiger partial charge in [-0.1, -0.05) is 29.3 Å². The molecule has 0 saturated heterocycles. The molecule has 0 aliphatic carbocycles. The minimum atomic E-state index is -0.682. The monoisotopic (exact) mass is 423 g/mol. The Morgan fingerprint density at radius 1 is 1.19 bits per heavy atom. The molecule has 0 unspecified atom stereocenters. The van der Waals surface area contributed by atoms with Crippen LogP contribution >= 0.6 is 34.5 Å². The van der Waals surface area contributed by atoms with Crippen LogP contribution in [0.2, 0.25) is 10.0 Å². The van der Waals surface area contributed by atoms with Crippen molar-refractivity contribution in [3.63, 3.8) is 0 Å². The molecule has 8 heteroatoms. The lowest BCUT2D eigenvalue weighted by Crippen LogP contribution is -2.15. The summed E-state index contributed by atoms with van der Waals surface area (Å²) in [5.41, 5.74) is 1.91. The summed E-state index contributed by atoms with van der Waals surface area (Å²) in [5.74, 6) is -1.23. The van der Waals surface area contributed by atoms with Gasteiger partial charge in [-0.3, -0.25) is 9.59 Å². The number of fused-ring (bicyclic) bond motifs is 1. The number of H-pyrrole nitrogens is 1. The summed E-state index contributed by atoms with van der Waals surface area (Å²) < 4.78 is 5.91. The zero-order valence-electron chi connectivity index (χ0n) is 14.7. The highest BCUT2D eigenvalue weighted by Crippen LogP contribution is 2.37. The van der Waals surface area contributed by atoms with E-state index in [0.717, 1.165) is 16.0 Å². The van der Waals surface area contributed by atoms with Crippen molar-refractivity contribution >= 4 is 62.2 Å². The van der Waals surface area contributed by atoms with Crippen LogP contribution in [0.1, 0.15) is 48.7 Å². The minimum absolute atomic E-state index is 0.131. The third-order valence-corrected chi connectivity index (χ3v) is 6.05. The van der Waals surface area contributed by atoms with Crippen LogP contribution in [0, 0.1) is 13.8 Å². The molecule has 1 aromatic carbocycles. The number of thiophene rings is 1. The number of carbonyl (C=O) groups is 3. The number of ketones is 2. The smallest absolute Gasteiger partial charge is 0.350 e. The highest BCUT2D eigenvalue weighted by Gasteiger charge is 2.23. The van der Waals surface area contributed by atoms with Gasteiger partial charge in [0.1, 0.15) is 4.88 Å². The molecule has 0 aliphatic rings. The fourth-order valence-electron chi connectivity index (χ4n) is 3.00. The Bertz CT molecular complexity index is 1100. The lowest BCUT2D eigenvalue weighted by atomic mass is 10.1. The Morgan fingerprint density at radius 3 is 2.52 bits per heavy atom. The molecule has 1 N–H and O–H groups in total. The first-order valence-electron chi connectivity index (χ1n) is 7.98. The predicted molar refractivity (Wildman–Crippen MR) is 107 cm³/mol. The van der Waals surface area contributed by atoms with Crippen LogP contribution in [0.5, 0.6) is 0 Å². The number of hydrogen-bond donors (Lipinski definition) is 1. The molecule has 3 rings (SSSR count). The Balaban J connectivity index is 1.78. The lowest BCUT2D eigenvalue weighted by molar-refractivity contribution is 0.0478.